The van der Waals surface area contributed by atoms with Crippen molar-refractivity contribution < 1.29 is 5.11 Å². The summed E-state index contributed by atoms with van der Waals surface area (Å²) in [5.74, 6) is 1.66. The molecule has 3 N–H and O–H groups in total. The number of hydrogen-bond donors (Lipinski definition) is 3. The number of nitrogens with one attached hydrogen (secondary N) is 2. The molecule has 1 aliphatic heterocycles. The van der Waals surface area contributed by atoms with Crippen molar-refractivity contribution in [2.24, 2.45) is 5.92 Å². The SMILES string of the molecule is CCN(Cc1cccc(-c2ccnc(NCCc3cccc(O)c3)n2)c1)C[C@H]1CCCNC1. The molecule has 4 rings (SSSR count). The van der Waals surface area contributed by atoms with Crippen LogP contribution < -0.4 is 10.6 Å². The Morgan fingerprint density at radius 3 is 2.82 bits per heavy atom. The van der Waals surface area contributed by atoms with Gasteiger partial charge in [0.15, 0.2) is 0 Å². The van der Waals surface area contributed by atoms with E-state index in [2.05, 4.69) is 51.7 Å². The normalized spacial score (nSPS) is 16.1. The lowest BCUT2D eigenvalue weighted by Crippen LogP contribution is -2.38. The fourth-order valence-corrected chi connectivity index (χ4v) is 4.47. The number of anilines is 1. The second-order valence-electron chi connectivity index (χ2n) is 8.85. The van der Waals surface area contributed by atoms with E-state index >= 15 is 0 Å². The maximum atomic E-state index is 9.62. The predicted molar refractivity (Wildman–Crippen MR) is 134 cm³/mol. The average Bonchev–Trinajstić information content (AvgIpc) is 2.85. The first-order valence-electron chi connectivity index (χ1n) is 12.1. The Bertz CT molecular complexity index is 1020. The summed E-state index contributed by atoms with van der Waals surface area (Å²) in [6.07, 6.45) is 5.21. The number of hydrogen-bond acceptors (Lipinski definition) is 6. The number of piperidine rings is 1. The van der Waals surface area contributed by atoms with Crippen LogP contribution in [-0.4, -0.2) is 52.7 Å². The highest BCUT2D eigenvalue weighted by atomic mass is 16.3. The van der Waals surface area contributed by atoms with E-state index in [0.29, 0.717) is 18.2 Å². The summed E-state index contributed by atoms with van der Waals surface area (Å²) in [6, 6.07) is 18.0. The van der Waals surface area contributed by atoms with E-state index in [0.717, 1.165) is 61.9 Å². The summed E-state index contributed by atoms with van der Waals surface area (Å²) in [4.78, 5) is 11.7. The Hall–Kier alpha value is -2.96. The van der Waals surface area contributed by atoms with Crippen molar-refractivity contribution in [3.05, 3.63) is 71.9 Å². The molecule has 174 valence electrons. The molecule has 1 saturated heterocycles. The van der Waals surface area contributed by atoms with Gasteiger partial charge in [0.05, 0.1) is 5.69 Å². The zero-order valence-corrected chi connectivity index (χ0v) is 19.5. The zero-order valence-electron chi connectivity index (χ0n) is 19.5. The lowest BCUT2D eigenvalue weighted by Gasteiger charge is -2.29. The maximum Gasteiger partial charge on any atom is 0.223 e. The maximum absolute atomic E-state index is 9.62. The molecule has 0 bridgehead atoms. The topological polar surface area (TPSA) is 73.3 Å². The number of phenolic OH excluding ortho intramolecular Hbond substituents is 1. The molecule has 6 heteroatoms. The van der Waals surface area contributed by atoms with Crippen LogP contribution in [0.5, 0.6) is 5.75 Å². The Morgan fingerprint density at radius 1 is 1.12 bits per heavy atom. The third kappa shape index (κ3) is 7.01. The van der Waals surface area contributed by atoms with Crippen LogP contribution in [0.4, 0.5) is 5.95 Å². The monoisotopic (exact) mass is 445 g/mol. The van der Waals surface area contributed by atoms with Gasteiger partial charge in [-0.2, -0.15) is 0 Å². The van der Waals surface area contributed by atoms with Gasteiger partial charge in [-0.1, -0.05) is 37.3 Å². The quantitative estimate of drug-likeness (QED) is 0.432. The van der Waals surface area contributed by atoms with Gasteiger partial charge in [0.25, 0.3) is 0 Å². The van der Waals surface area contributed by atoms with Crippen molar-refractivity contribution >= 4 is 5.95 Å². The molecule has 2 heterocycles. The van der Waals surface area contributed by atoms with Crippen LogP contribution in [0.15, 0.2) is 60.8 Å². The summed E-state index contributed by atoms with van der Waals surface area (Å²) < 4.78 is 0. The summed E-state index contributed by atoms with van der Waals surface area (Å²) in [7, 11) is 0. The Labute approximate surface area is 197 Å². The standard InChI is InChI=1S/C27H35N5O/c1-2-32(20-23-8-5-13-28-18-23)19-22-7-3-9-24(16-22)26-12-15-30-27(31-26)29-14-11-21-6-4-10-25(33)17-21/h3-4,6-7,9-10,12,15-17,23,28,33H,2,5,8,11,13-14,18-20H2,1H3,(H,29,30,31)/t23-/m0/s1. The second kappa shape index (κ2) is 11.8. The van der Waals surface area contributed by atoms with Crippen molar-refractivity contribution in [1.82, 2.24) is 20.2 Å². The van der Waals surface area contributed by atoms with Crippen molar-refractivity contribution in [2.75, 3.05) is 38.0 Å². The van der Waals surface area contributed by atoms with Crippen molar-refractivity contribution in [1.29, 1.82) is 0 Å². The molecule has 1 aromatic heterocycles. The number of benzene rings is 2. The second-order valence-corrected chi connectivity index (χ2v) is 8.85. The summed E-state index contributed by atoms with van der Waals surface area (Å²) in [5, 5.41) is 16.5. The molecule has 6 nitrogen and oxygen atoms in total. The molecule has 1 fully saturated rings. The predicted octanol–water partition coefficient (Wildman–Crippen LogP) is 4.33. The van der Waals surface area contributed by atoms with Crippen molar-refractivity contribution in [2.45, 2.75) is 32.7 Å². The molecular formula is C27H35N5O. The largest absolute Gasteiger partial charge is 0.508 e. The van der Waals surface area contributed by atoms with E-state index in [9.17, 15) is 5.11 Å². The van der Waals surface area contributed by atoms with E-state index in [1.54, 1.807) is 18.3 Å². The van der Waals surface area contributed by atoms with Crippen LogP contribution in [0, 0.1) is 5.92 Å². The third-order valence-electron chi connectivity index (χ3n) is 6.25. The van der Waals surface area contributed by atoms with Gasteiger partial charge >= 0.3 is 0 Å². The Balaban J connectivity index is 1.37. The van der Waals surface area contributed by atoms with Crippen molar-refractivity contribution in [3.8, 4) is 17.0 Å². The molecule has 0 unspecified atom stereocenters. The smallest absolute Gasteiger partial charge is 0.223 e. The minimum atomic E-state index is 0.294. The number of phenols is 1. The van der Waals surface area contributed by atoms with E-state index in [-0.39, 0.29) is 0 Å². The molecule has 0 aliphatic carbocycles. The zero-order chi connectivity index (χ0) is 22.9. The van der Waals surface area contributed by atoms with E-state index in [4.69, 9.17) is 4.98 Å². The van der Waals surface area contributed by atoms with Crippen LogP contribution >= 0.6 is 0 Å². The first kappa shape index (κ1) is 23.2. The van der Waals surface area contributed by atoms with Crippen LogP contribution in [0.25, 0.3) is 11.3 Å². The molecule has 0 saturated carbocycles. The molecule has 0 radical (unpaired) electrons. The number of aromatic hydroxyl groups is 1. The summed E-state index contributed by atoms with van der Waals surface area (Å²) >= 11 is 0. The first-order valence-corrected chi connectivity index (χ1v) is 12.1. The Kier molecular flexibility index (Phi) is 8.28. The fourth-order valence-electron chi connectivity index (χ4n) is 4.47. The Morgan fingerprint density at radius 2 is 2.00 bits per heavy atom. The lowest BCUT2D eigenvalue weighted by molar-refractivity contribution is 0.210. The first-order chi connectivity index (χ1) is 16.2. The molecule has 33 heavy (non-hydrogen) atoms. The molecule has 3 aromatic rings. The highest BCUT2D eigenvalue weighted by Crippen LogP contribution is 2.21. The molecule has 2 aromatic carbocycles. The number of aromatic nitrogens is 2. The van der Waals surface area contributed by atoms with Gasteiger partial charge in [-0.25, -0.2) is 9.97 Å². The molecule has 1 aliphatic rings. The van der Waals surface area contributed by atoms with Crippen LogP contribution in [-0.2, 0) is 13.0 Å². The number of nitrogens with zero attached hydrogens (tertiary/aromatic N) is 3. The molecule has 1 atom stereocenters. The summed E-state index contributed by atoms with van der Waals surface area (Å²) in [6.45, 7) is 8.42. The third-order valence-corrected chi connectivity index (χ3v) is 6.25. The van der Waals surface area contributed by atoms with E-state index in [1.165, 1.54) is 18.4 Å². The van der Waals surface area contributed by atoms with Crippen LogP contribution in [0.2, 0.25) is 0 Å². The van der Waals surface area contributed by atoms with Gasteiger partial charge in [-0.15, -0.1) is 0 Å². The van der Waals surface area contributed by atoms with E-state index in [1.807, 2.05) is 18.2 Å². The summed E-state index contributed by atoms with van der Waals surface area (Å²) in [5.41, 5.74) is 4.43. The minimum absolute atomic E-state index is 0.294. The van der Waals surface area contributed by atoms with Gasteiger partial charge in [0, 0.05) is 31.4 Å². The number of rotatable bonds is 10. The molecule has 0 spiro atoms. The average molecular weight is 446 g/mol. The van der Waals surface area contributed by atoms with E-state index < -0.39 is 0 Å². The van der Waals surface area contributed by atoms with Gasteiger partial charge in [0.2, 0.25) is 5.95 Å². The molecule has 0 amide bonds. The van der Waals surface area contributed by atoms with Gasteiger partial charge < -0.3 is 15.7 Å². The van der Waals surface area contributed by atoms with Crippen molar-refractivity contribution in [3.63, 3.8) is 0 Å². The van der Waals surface area contributed by atoms with Gasteiger partial charge in [-0.05, 0) is 80.2 Å². The highest BCUT2D eigenvalue weighted by Gasteiger charge is 2.16. The fraction of sp³-hybridized carbons (Fsp3) is 0.407. The van der Waals surface area contributed by atoms with Crippen LogP contribution in [0.3, 0.4) is 0 Å². The molecular weight excluding hydrogens is 410 g/mol. The highest BCUT2D eigenvalue weighted by molar-refractivity contribution is 5.61. The minimum Gasteiger partial charge on any atom is -0.508 e. The van der Waals surface area contributed by atoms with Gasteiger partial charge in [-0.3, -0.25) is 4.90 Å². The van der Waals surface area contributed by atoms with Crippen LogP contribution in [0.1, 0.15) is 30.9 Å². The van der Waals surface area contributed by atoms with Gasteiger partial charge in [0.1, 0.15) is 5.75 Å². The lowest BCUT2D eigenvalue weighted by atomic mass is 9.98.